The van der Waals surface area contributed by atoms with Crippen LogP contribution in [0.1, 0.15) is 19.7 Å². The predicted molar refractivity (Wildman–Crippen MR) is 60.6 cm³/mol. The van der Waals surface area contributed by atoms with Crippen LogP contribution in [-0.2, 0) is 11.2 Å². The molecule has 0 unspecified atom stereocenters. The van der Waals surface area contributed by atoms with Crippen molar-refractivity contribution in [3.63, 3.8) is 0 Å². The molecule has 0 fully saturated rings. The molecule has 5 nitrogen and oxygen atoms in total. The third kappa shape index (κ3) is 2.01. The molecule has 0 radical (unpaired) electrons. The number of hydrogen-bond donors (Lipinski definition) is 0. The highest BCUT2D eigenvalue weighted by molar-refractivity contribution is 6.29. The Balaban J connectivity index is 2.46. The highest BCUT2D eigenvalue weighted by atomic mass is 35.5. The van der Waals surface area contributed by atoms with E-state index in [0.29, 0.717) is 17.2 Å². The second-order valence-electron chi connectivity index (χ2n) is 4.18. The lowest BCUT2D eigenvalue weighted by atomic mass is 10.1. The van der Waals surface area contributed by atoms with Crippen molar-refractivity contribution < 1.29 is 4.74 Å². The Kier molecular flexibility index (Phi) is 2.82. The molecule has 0 amide bonds. The lowest BCUT2D eigenvalue weighted by molar-refractivity contribution is 0.0214. The van der Waals surface area contributed by atoms with Gasteiger partial charge in [0.15, 0.2) is 5.65 Å². The van der Waals surface area contributed by atoms with Crippen molar-refractivity contribution in [1.29, 1.82) is 0 Å². The molecule has 0 saturated carbocycles. The van der Waals surface area contributed by atoms with Gasteiger partial charge in [-0.1, -0.05) is 11.6 Å². The number of ether oxygens (including phenoxy) is 1. The molecule has 0 spiro atoms. The van der Waals surface area contributed by atoms with Gasteiger partial charge in [0.2, 0.25) is 0 Å². The van der Waals surface area contributed by atoms with E-state index >= 15 is 0 Å². The van der Waals surface area contributed by atoms with Crippen LogP contribution in [0.4, 0.5) is 0 Å². The standard InChI is InChI=1S/C10H13ClN4O/c1-10(2,16-3)4-8-13-14-9-6-12-5-7(11)15(8)9/h5-6H,4H2,1-3H3. The SMILES string of the molecule is COC(C)(C)Cc1nnc2cncc(Cl)n12. The van der Waals surface area contributed by atoms with E-state index in [0.717, 1.165) is 5.82 Å². The van der Waals surface area contributed by atoms with Crippen molar-refractivity contribution >= 4 is 17.2 Å². The zero-order valence-electron chi connectivity index (χ0n) is 9.44. The summed E-state index contributed by atoms with van der Waals surface area (Å²) >= 11 is 6.06. The van der Waals surface area contributed by atoms with Crippen LogP contribution in [0.15, 0.2) is 12.4 Å². The maximum Gasteiger partial charge on any atom is 0.180 e. The van der Waals surface area contributed by atoms with E-state index in [1.54, 1.807) is 23.9 Å². The van der Waals surface area contributed by atoms with Gasteiger partial charge in [0.05, 0.1) is 18.0 Å². The molecule has 2 rings (SSSR count). The minimum Gasteiger partial charge on any atom is -0.378 e. The Hall–Kier alpha value is -1.20. The second-order valence-corrected chi connectivity index (χ2v) is 4.57. The number of hydrogen-bond acceptors (Lipinski definition) is 4. The van der Waals surface area contributed by atoms with Gasteiger partial charge in [-0.25, -0.2) is 0 Å². The first-order chi connectivity index (χ1) is 7.53. The van der Waals surface area contributed by atoms with Gasteiger partial charge in [-0.2, -0.15) is 0 Å². The first-order valence-corrected chi connectivity index (χ1v) is 5.30. The van der Waals surface area contributed by atoms with Crippen LogP contribution >= 0.6 is 11.6 Å². The Bertz CT molecular complexity index is 508. The Morgan fingerprint density at radius 3 is 2.81 bits per heavy atom. The van der Waals surface area contributed by atoms with Crippen LogP contribution < -0.4 is 0 Å². The van der Waals surface area contributed by atoms with Crippen LogP contribution in [0.5, 0.6) is 0 Å². The summed E-state index contributed by atoms with van der Waals surface area (Å²) in [5, 5.41) is 8.61. The average Bonchev–Trinajstić information content (AvgIpc) is 2.62. The highest BCUT2D eigenvalue weighted by Gasteiger charge is 2.21. The maximum atomic E-state index is 6.06. The molecule has 86 valence electrons. The molecule has 0 aliphatic heterocycles. The van der Waals surface area contributed by atoms with Crippen molar-refractivity contribution in [2.75, 3.05) is 7.11 Å². The van der Waals surface area contributed by atoms with Gasteiger partial charge in [-0.3, -0.25) is 9.38 Å². The van der Waals surface area contributed by atoms with Crippen LogP contribution in [0, 0.1) is 0 Å². The second kappa shape index (κ2) is 3.99. The fourth-order valence-corrected chi connectivity index (χ4v) is 1.68. The third-order valence-electron chi connectivity index (χ3n) is 2.48. The van der Waals surface area contributed by atoms with Crippen LogP contribution in [0.2, 0.25) is 5.15 Å². The summed E-state index contributed by atoms with van der Waals surface area (Å²) in [6, 6.07) is 0. The van der Waals surface area contributed by atoms with Gasteiger partial charge in [-0.15, -0.1) is 10.2 Å². The number of nitrogens with zero attached hydrogens (tertiary/aromatic N) is 4. The molecule has 0 bridgehead atoms. The molecule has 0 atom stereocenters. The predicted octanol–water partition coefficient (Wildman–Crippen LogP) is 1.75. The van der Waals surface area contributed by atoms with Crippen LogP contribution in [0.3, 0.4) is 0 Å². The van der Waals surface area contributed by atoms with Gasteiger partial charge < -0.3 is 4.74 Å². The summed E-state index contributed by atoms with van der Waals surface area (Å²) in [6.07, 6.45) is 3.83. The largest absolute Gasteiger partial charge is 0.378 e. The van der Waals surface area contributed by atoms with E-state index in [1.807, 2.05) is 13.8 Å². The molecular weight excluding hydrogens is 228 g/mol. The molecule has 2 aromatic heterocycles. The van der Waals surface area contributed by atoms with E-state index in [4.69, 9.17) is 16.3 Å². The maximum absolute atomic E-state index is 6.06. The molecule has 2 aromatic rings. The molecular formula is C10H13ClN4O. The first-order valence-electron chi connectivity index (χ1n) is 4.92. The van der Waals surface area contributed by atoms with Gasteiger partial charge in [0.1, 0.15) is 11.0 Å². The van der Waals surface area contributed by atoms with E-state index in [2.05, 4.69) is 15.2 Å². The first kappa shape index (κ1) is 11.3. The zero-order chi connectivity index (χ0) is 11.8. The van der Waals surface area contributed by atoms with Crippen LogP contribution in [-0.4, -0.2) is 32.3 Å². The minimum atomic E-state index is -0.296. The van der Waals surface area contributed by atoms with Crippen molar-refractivity contribution in [1.82, 2.24) is 19.6 Å². The minimum absolute atomic E-state index is 0.296. The van der Waals surface area contributed by atoms with Gasteiger partial charge >= 0.3 is 0 Å². The fraction of sp³-hybridized carbons (Fsp3) is 0.500. The number of rotatable bonds is 3. The summed E-state index contributed by atoms with van der Waals surface area (Å²) in [5.41, 5.74) is 0.352. The van der Waals surface area contributed by atoms with Crippen molar-refractivity contribution in [2.24, 2.45) is 0 Å². The third-order valence-corrected chi connectivity index (χ3v) is 2.74. The summed E-state index contributed by atoms with van der Waals surface area (Å²) < 4.78 is 7.13. The van der Waals surface area contributed by atoms with Crippen molar-refractivity contribution in [3.05, 3.63) is 23.4 Å². The van der Waals surface area contributed by atoms with E-state index < -0.39 is 0 Å². The monoisotopic (exact) mass is 240 g/mol. The lowest BCUT2D eigenvalue weighted by Crippen LogP contribution is -2.26. The summed E-state index contributed by atoms with van der Waals surface area (Å²) in [7, 11) is 1.67. The summed E-state index contributed by atoms with van der Waals surface area (Å²) in [6.45, 7) is 3.98. The Labute approximate surface area is 98.4 Å². The number of aromatic nitrogens is 4. The topological polar surface area (TPSA) is 52.3 Å². The molecule has 0 aromatic carbocycles. The molecule has 6 heteroatoms. The van der Waals surface area contributed by atoms with E-state index in [-0.39, 0.29) is 5.60 Å². The highest BCUT2D eigenvalue weighted by Crippen LogP contribution is 2.18. The quantitative estimate of drug-likeness (QED) is 0.820. The normalized spacial score (nSPS) is 12.2. The zero-order valence-corrected chi connectivity index (χ0v) is 10.2. The molecule has 16 heavy (non-hydrogen) atoms. The number of fused-ring (bicyclic) bond motifs is 1. The van der Waals surface area contributed by atoms with Gasteiger partial charge in [-0.05, 0) is 13.8 Å². The number of halogens is 1. The lowest BCUT2D eigenvalue weighted by Gasteiger charge is -2.21. The molecule has 0 aliphatic rings. The molecule has 0 N–H and O–H groups in total. The Morgan fingerprint density at radius 1 is 1.38 bits per heavy atom. The van der Waals surface area contributed by atoms with Gasteiger partial charge in [0.25, 0.3) is 0 Å². The van der Waals surface area contributed by atoms with Crippen molar-refractivity contribution in [3.8, 4) is 0 Å². The molecule has 2 heterocycles. The fourth-order valence-electron chi connectivity index (χ4n) is 1.44. The average molecular weight is 241 g/mol. The number of methoxy groups -OCH3 is 1. The Morgan fingerprint density at radius 2 is 2.12 bits per heavy atom. The van der Waals surface area contributed by atoms with Gasteiger partial charge in [0, 0.05) is 13.5 Å². The molecule has 0 saturated heterocycles. The van der Waals surface area contributed by atoms with E-state index in [9.17, 15) is 0 Å². The summed E-state index contributed by atoms with van der Waals surface area (Å²) in [4.78, 5) is 3.96. The molecule has 0 aliphatic carbocycles. The van der Waals surface area contributed by atoms with Crippen molar-refractivity contribution in [2.45, 2.75) is 25.9 Å². The van der Waals surface area contributed by atoms with Crippen LogP contribution in [0.25, 0.3) is 5.65 Å². The summed E-state index contributed by atoms with van der Waals surface area (Å²) in [5.74, 6) is 0.772. The van der Waals surface area contributed by atoms with E-state index in [1.165, 1.54) is 0 Å². The smallest absolute Gasteiger partial charge is 0.180 e.